The van der Waals surface area contributed by atoms with E-state index in [1.807, 2.05) is 7.05 Å². The Balaban J connectivity index is 2.22. The van der Waals surface area contributed by atoms with Crippen LogP contribution in [-0.4, -0.2) is 20.1 Å². The third-order valence-corrected chi connectivity index (χ3v) is 3.65. The van der Waals surface area contributed by atoms with Crippen molar-refractivity contribution in [3.63, 3.8) is 0 Å². The van der Waals surface area contributed by atoms with Gasteiger partial charge >= 0.3 is 0 Å². The molecule has 1 unspecified atom stereocenters. The normalized spacial score (nSPS) is 17.8. The fourth-order valence-corrected chi connectivity index (χ4v) is 2.48. The lowest BCUT2D eigenvalue weighted by Crippen LogP contribution is -2.18. The van der Waals surface area contributed by atoms with Crippen LogP contribution in [0.15, 0.2) is 18.2 Å². The van der Waals surface area contributed by atoms with Crippen molar-refractivity contribution in [3.8, 4) is 0 Å². The highest BCUT2D eigenvalue weighted by Gasteiger charge is 2.15. The average Bonchev–Trinajstić information content (AvgIpc) is 2.81. The molecule has 2 nitrogen and oxygen atoms in total. The first kappa shape index (κ1) is 11.7. The van der Waals surface area contributed by atoms with Crippen LogP contribution in [0.1, 0.15) is 31.4 Å². The number of hydrogen-bond donors (Lipinski definition) is 1. The van der Waals surface area contributed by atoms with E-state index in [0.717, 1.165) is 18.1 Å². The molecule has 2 rings (SSSR count). The van der Waals surface area contributed by atoms with Gasteiger partial charge in [0.1, 0.15) is 0 Å². The molecule has 1 aromatic rings. The summed E-state index contributed by atoms with van der Waals surface area (Å²) in [7, 11) is 1.97. The standard InChI is InChI=1S/C13H19ClN2/c1-10(15-2)11-5-6-13(12(14)9-11)16-7-3-4-8-16/h5-6,9-10,15H,3-4,7-8H2,1-2H3. The Hall–Kier alpha value is -0.730. The molecule has 1 N–H and O–H groups in total. The molecule has 1 atom stereocenters. The molecule has 0 amide bonds. The summed E-state index contributed by atoms with van der Waals surface area (Å²) < 4.78 is 0. The van der Waals surface area contributed by atoms with Crippen LogP contribution < -0.4 is 10.2 Å². The number of hydrogen-bond acceptors (Lipinski definition) is 2. The second kappa shape index (κ2) is 5.07. The largest absolute Gasteiger partial charge is 0.370 e. The van der Waals surface area contributed by atoms with E-state index in [9.17, 15) is 0 Å². The maximum absolute atomic E-state index is 6.34. The van der Waals surface area contributed by atoms with Crippen molar-refractivity contribution in [2.24, 2.45) is 0 Å². The molecule has 0 spiro atoms. The molecule has 1 heterocycles. The zero-order chi connectivity index (χ0) is 11.5. The van der Waals surface area contributed by atoms with Gasteiger partial charge in [-0.3, -0.25) is 0 Å². The average molecular weight is 239 g/mol. The summed E-state index contributed by atoms with van der Waals surface area (Å²) in [6.07, 6.45) is 2.57. The third-order valence-electron chi connectivity index (χ3n) is 3.35. The molecule has 1 saturated heterocycles. The number of nitrogens with one attached hydrogen (secondary N) is 1. The van der Waals surface area contributed by atoms with Gasteiger partial charge in [0.15, 0.2) is 0 Å². The number of anilines is 1. The Labute approximate surface area is 103 Å². The minimum absolute atomic E-state index is 0.352. The Kier molecular flexibility index (Phi) is 3.72. The molecule has 88 valence electrons. The highest BCUT2D eigenvalue weighted by Crippen LogP contribution is 2.31. The van der Waals surface area contributed by atoms with Gasteiger partial charge in [-0.25, -0.2) is 0 Å². The minimum atomic E-state index is 0.352. The molecule has 0 aromatic heterocycles. The van der Waals surface area contributed by atoms with Gasteiger partial charge in [0.25, 0.3) is 0 Å². The van der Waals surface area contributed by atoms with Gasteiger partial charge in [-0.1, -0.05) is 17.7 Å². The summed E-state index contributed by atoms with van der Waals surface area (Å²) >= 11 is 6.34. The summed E-state index contributed by atoms with van der Waals surface area (Å²) in [6.45, 7) is 4.42. The van der Waals surface area contributed by atoms with Crippen LogP contribution in [0.5, 0.6) is 0 Å². The topological polar surface area (TPSA) is 15.3 Å². The predicted octanol–water partition coefficient (Wildman–Crippen LogP) is 3.22. The first-order valence-corrected chi connectivity index (χ1v) is 6.32. The third kappa shape index (κ3) is 2.33. The smallest absolute Gasteiger partial charge is 0.0642 e. The van der Waals surface area contributed by atoms with Crippen LogP contribution in [0.3, 0.4) is 0 Å². The lowest BCUT2D eigenvalue weighted by Gasteiger charge is -2.20. The Morgan fingerprint density at radius 3 is 2.56 bits per heavy atom. The highest BCUT2D eigenvalue weighted by atomic mass is 35.5. The van der Waals surface area contributed by atoms with Crippen LogP contribution in [-0.2, 0) is 0 Å². The molecular weight excluding hydrogens is 220 g/mol. The van der Waals surface area contributed by atoms with Crippen LogP contribution in [0.2, 0.25) is 5.02 Å². The Bertz CT molecular complexity index is 359. The maximum Gasteiger partial charge on any atom is 0.0642 e. The SMILES string of the molecule is CNC(C)c1ccc(N2CCCC2)c(Cl)c1. The molecule has 0 bridgehead atoms. The molecule has 1 aliphatic rings. The van der Waals surface area contributed by atoms with Gasteiger partial charge in [-0.15, -0.1) is 0 Å². The van der Waals surface area contributed by atoms with Crippen molar-refractivity contribution in [1.29, 1.82) is 0 Å². The van der Waals surface area contributed by atoms with E-state index in [-0.39, 0.29) is 0 Å². The van der Waals surface area contributed by atoms with Gasteiger partial charge in [-0.2, -0.15) is 0 Å². The highest BCUT2D eigenvalue weighted by molar-refractivity contribution is 6.33. The van der Waals surface area contributed by atoms with Gasteiger partial charge in [0.05, 0.1) is 10.7 Å². The zero-order valence-corrected chi connectivity index (χ0v) is 10.7. The number of benzene rings is 1. The molecule has 0 radical (unpaired) electrons. The summed E-state index contributed by atoms with van der Waals surface area (Å²) in [4.78, 5) is 2.37. The van der Waals surface area contributed by atoms with Crippen LogP contribution >= 0.6 is 11.6 Å². The first-order valence-electron chi connectivity index (χ1n) is 5.94. The lowest BCUT2D eigenvalue weighted by atomic mass is 10.1. The summed E-state index contributed by atoms with van der Waals surface area (Å²) in [5.41, 5.74) is 2.43. The summed E-state index contributed by atoms with van der Waals surface area (Å²) in [6, 6.07) is 6.75. The molecule has 3 heteroatoms. The minimum Gasteiger partial charge on any atom is -0.370 e. The van der Waals surface area contributed by atoms with Crippen molar-refractivity contribution in [2.45, 2.75) is 25.8 Å². The van der Waals surface area contributed by atoms with Gasteiger partial charge in [-0.05, 0) is 44.5 Å². The predicted molar refractivity (Wildman–Crippen MR) is 70.4 cm³/mol. The number of halogens is 1. The van der Waals surface area contributed by atoms with Crippen molar-refractivity contribution < 1.29 is 0 Å². The number of nitrogens with zero attached hydrogens (tertiary/aromatic N) is 1. The van der Waals surface area contributed by atoms with E-state index >= 15 is 0 Å². The quantitative estimate of drug-likeness (QED) is 0.870. The molecule has 0 saturated carbocycles. The van der Waals surface area contributed by atoms with E-state index < -0.39 is 0 Å². The van der Waals surface area contributed by atoms with Crippen molar-refractivity contribution in [3.05, 3.63) is 28.8 Å². The van der Waals surface area contributed by atoms with Crippen LogP contribution in [0.4, 0.5) is 5.69 Å². The van der Waals surface area contributed by atoms with Crippen molar-refractivity contribution in [1.82, 2.24) is 5.32 Å². The van der Waals surface area contributed by atoms with Gasteiger partial charge in [0.2, 0.25) is 0 Å². The van der Waals surface area contributed by atoms with Crippen molar-refractivity contribution in [2.75, 3.05) is 25.0 Å². The van der Waals surface area contributed by atoms with Crippen LogP contribution in [0, 0.1) is 0 Å². The molecule has 1 fully saturated rings. The maximum atomic E-state index is 6.34. The summed E-state index contributed by atoms with van der Waals surface area (Å²) in [5, 5.41) is 4.10. The molecule has 1 aromatic carbocycles. The Morgan fingerprint density at radius 2 is 2.00 bits per heavy atom. The van der Waals surface area contributed by atoms with Gasteiger partial charge in [0, 0.05) is 19.1 Å². The van der Waals surface area contributed by atoms with E-state index in [0.29, 0.717) is 6.04 Å². The molecule has 16 heavy (non-hydrogen) atoms. The van der Waals surface area contributed by atoms with E-state index in [2.05, 4.69) is 35.3 Å². The van der Waals surface area contributed by atoms with Gasteiger partial charge < -0.3 is 10.2 Å². The molecule has 0 aliphatic carbocycles. The second-order valence-electron chi connectivity index (χ2n) is 4.42. The van der Waals surface area contributed by atoms with Crippen molar-refractivity contribution >= 4 is 17.3 Å². The lowest BCUT2D eigenvalue weighted by molar-refractivity contribution is 0.652. The number of rotatable bonds is 3. The molecule has 1 aliphatic heterocycles. The molecular formula is C13H19ClN2. The van der Waals surface area contributed by atoms with E-state index in [1.54, 1.807) is 0 Å². The monoisotopic (exact) mass is 238 g/mol. The van der Waals surface area contributed by atoms with E-state index in [1.165, 1.54) is 24.1 Å². The first-order chi connectivity index (χ1) is 7.72. The fraction of sp³-hybridized carbons (Fsp3) is 0.538. The van der Waals surface area contributed by atoms with Crippen LogP contribution in [0.25, 0.3) is 0 Å². The zero-order valence-electron chi connectivity index (χ0n) is 9.96. The van der Waals surface area contributed by atoms with E-state index in [4.69, 9.17) is 11.6 Å². The fourth-order valence-electron chi connectivity index (χ4n) is 2.17. The second-order valence-corrected chi connectivity index (χ2v) is 4.82. The summed E-state index contributed by atoms with van der Waals surface area (Å²) in [5.74, 6) is 0. The Morgan fingerprint density at radius 1 is 1.31 bits per heavy atom.